The summed E-state index contributed by atoms with van der Waals surface area (Å²) in [7, 11) is 0. The molecule has 5 nitrogen and oxygen atoms in total. The number of hydrogen-bond acceptors (Lipinski definition) is 4. The Balaban J connectivity index is 1.57. The third-order valence-corrected chi connectivity index (χ3v) is 3.08. The van der Waals surface area contributed by atoms with Crippen molar-refractivity contribution in [1.29, 1.82) is 0 Å². The zero-order chi connectivity index (χ0) is 11.2. The molecule has 2 aliphatic heterocycles. The van der Waals surface area contributed by atoms with Crippen molar-refractivity contribution in [3.63, 3.8) is 0 Å². The van der Waals surface area contributed by atoms with Crippen LogP contribution in [0.2, 0.25) is 0 Å². The lowest BCUT2D eigenvalue weighted by atomic mass is 10.2. The average Bonchev–Trinajstić information content (AvgIpc) is 2.84. The van der Waals surface area contributed by atoms with Gasteiger partial charge >= 0.3 is 0 Å². The molecule has 1 N–H and O–H groups in total. The first kappa shape index (κ1) is 11.8. The van der Waals surface area contributed by atoms with Crippen molar-refractivity contribution >= 4 is 5.91 Å². The summed E-state index contributed by atoms with van der Waals surface area (Å²) in [5.74, 6) is 0.213. The predicted molar refractivity (Wildman–Crippen MR) is 59.0 cm³/mol. The van der Waals surface area contributed by atoms with Gasteiger partial charge in [0.1, 0.15) is 6.79 Å². The van der Waals surface area contributed by atoms with Crippen molar-refractivity contribution in [2.45, 2.75) is 25.4 Å². The quantitative estimate of drug-likeness (QED) is 0.733. The van der Waals surface area contributed by atoms with Gasteiger partial charge in [-0.05, 0) is 19.3 Å². The van der Waals surface area contributed by atoms with E-state index in [1.807, 2.05) is 4.90 Å². The number of carbonyl (C=O) groups is 1. The Morgan fingerprint density at radius 1 is 1.38 bits per heavy atom. The molecular formula is C11H20N2O3. The fraction of sp³-hybridized carbons (Fsp3) is 0.909. The Morgan fingerprint density at radius 3 is 2.88 bits per heavy atom. The molecule has 5 heteroatoms. The lowest BCUT2D eigenvalue weighted by molar-refractivity contribution is -0.138. The maximum absolute atomic E-state index is 11.7. The molecule has 0 spiro atoms. The largest absolute Gasteiger partial charge is 0.355 e. The molecule has 0 aromatic carbocycles. The van der Waals surface area contributed by atoms with Gasteiger partial charge in [-0.1, -0.05) is 0 Å². The van der Waals surface area contributed by atoms with Crippen molar-refractivity contribution in [3.8, 4) is 0 Å². The van der Waals surface area contributed by atoms with Gasteiger partial charge in [0.25, 0.3) is 0 Å². The van der Waals surface area contributed by atoms with Crippen LogP contribution < -0.4 is 5.32 Å². The fourth-order valence-electron chi connectivity index (χ4n) is 2.08. The van der Waals surface area contributed by atoms with Crippen LogP contribution in [0.25, 0.3) is 0 Å². The van der Waals surface area contributed by atoms with E-state index in [1.165, 1.54) is 0 Å². The van der Waals surface area contributed by atoms with Crippen molar-refractivity contribution in [2.24, 2.45) is 0 Å². The van der Waals surface area contributed by atoms with Gasteiger partial charge in [0, 0.05) is 19.6 Å². The summed E-state index contributed by atoms with van der Waals surface area (Å²) >= 11 is 0. The molecule has 0 aliphatic carbocycles. The number of nitrogens with zero attached hydrogens (tertiary/aromatic N) is 1. The average molecular weight is 228 g/mol. The van der Waals surface area contributed by atoms with Crippen LogP contribution in [0.15, 0.2) is 0 Å². The molecular weight excluding hydrogens is 208 g/mol. The number of ether oxygens (including phenoxy) is 2. The lowest BCUT2D eigenvalue weighted by Gasteiger charge is -2.23. The van der Waals surface area contributed by atoms with Crippen LogP contribution in [0.4, 0.5) is 0 Å². The summed E-state index contributed by atoms with van der Waals surface area (Å²) in [6.45, 7) is 4.16. The minimum Gasteiger partial charge on any atom is -0.355 e. The van der Waals surface area contributed by atoms with Crippen LogP contribution in [-0.4, -0.2) is 56.5 Å². The molecule has 16 heavy (non-hydrogen) atoms. The topological polar surface area (TPSA) is 50.8 Å². The Labute approximate surface area is 96.1 Å². The fourth-order valence-corrected chi connectivity index (χ4v) is 2.08. The Hall–Kier alpha value is -0.650. The number of carbonyl (C=O) groups excluding carboxylic acids is 1. The molecule has 2 aliphatic rings. The maximum atomic E-state index is 11.7. The first-order chi connectivity index (χ1) is 7.86. The monoisotopic (exact) mass is 228 g/mol. The first-order valence-electron chi connectivity index (χ1n) is 6.04. The lowest BCUT2D eigenvalue weighted by Crippen LogP contribution is -2.40. The summed E-state index contributed by atoms with van der Waals surface area (Å²) in [6, 6.07) is 0. The van der Waals surface area contributed by atoms with Gasteiger partial charge in [0.2, 0.25) is 5.91 Å². The van der Waals surface area contributed by atoms with E-state index in [0.29, 0.717) is 13.3 Å². The molecule has 2 heterocycles. The summed E-state index contributed by atoms with van der Waals surface area (Å²) < 4.78 is 10.5. The summed E-state index contributed by atoms with van der Waals surface area (Å²) in [4.78, 5) is 13.6. The second kappa shape index (κ2) is 6.18. The number of likely N-dealkylation sites (tertiary alicyclic amines) is 1. The van der Waals surface area contributed by atoms with Crippen LogP contribution in [0, 0.1) is 0 Å². The third-order valence-electron chi connectivity index (χ3n) is 3.08. The molecule has 0 aromatic rings. The highest BCUT2D eigenvalue weighted by molar-refractivity contribution is 5.78. The van der Waals surface area contributed by atoms with Gasteiger partial charge in [0.05, 0.1) is 19.3 Å². The van der Waals surface area contributed by atoms with E-state index in [2.05, 4.69) is 5.32 Å². The Bertz CT molecular complexity index is 223. The van der Waals surface area contributed by atoms with Gasteiger partial charge < -0.3 is 19.7 Å². The minimum absolute atomic E-state index is 0.195. The number of amides is 1. The zero-order valence-electron chi connectivity index (χ0n) is 9.61. The van der Waals surface area contributed by atoms with E-state index in [9.17, 15) is 4.79 Å². The maximum Gasteiger partial charge on any atom is 0.236 e. The molecule has 2 saturated heterocycles. The molecule has 2 fully saturated rings. The molecule has 1 amide bonds. The van der Waals surface area contributed by atoms with E-state index < -0.39 is 0 Å². The first-order valence-corrected chi connectivity index (χ1v) is 6.04. The number of nitrogens with one attached hydrogen (secondary N) is 1. The van der Waals surface area contributed by atoms with E-state index in [1.54, 1.807) is 0 Å². The Morgan fingerprint density at radius 2 is 2.19 bits per heavy atom. The molecule has 0 saturated carbocycles. The van der Waals surface area contributed by atoms with Crippen LogP contribution in [-0.2, 0) is 14.3 Å². The number of rotatable bonds is 4. The van der Waals surface area contributed by atoms with Gasteiger partial charge in [0.15, 0.2) is 0 Å². The molecule has 0 aromatic heterocycles. The van der Waals surface area contributed by atoms with Crippen LogP contribution in [0.1, 0.15) is 19.3 Å². The van der Waals surface area contributed by atoms with Crippen LogP contribution >= 0.6 is 0 Å². The van der Waals surface area contributed by atoms with Crippen molar-refractivity contribution in [2.75, 3.05) is 39.6 Å². The standard InChI is InChI=1S/C11H20N2O3/c14-11(13-4-1-2-5-13)8-12-7-10-3-6-15-9-16-10/h10,12H,1-9H2. The van der Waals surface area contributed by atoms with Crippen molar-refractivity contribution < 1.29 is 14.3 Å². The molecule has 0 radical (unpaired) electrons. The molecule has 2 rings (SSSR count). The molecule has 1 unspecified atom stereocenters. The van der Waals surface area contributed by atoms with Crippen LogP contribution in [0.3, 0.4) is 0 Å². The second-order valence-electron chi connectivity index (χ2n) is 4.32. The molecule has 92 valence electrons. The highest BCUT2D eigenvalue weighted by Crippen LogP contribution is 2.07. The summed E-state index contributed by atoms with van der Waals surface area (Å²) in [5.41, 5.74) is 0. The molecule has 1 atom stereocenters. The number of hydrogen-bond donors (Lipinski definition) is 1. The van der Waals surface area contributed by atoms with Gasteiger partial charge in [-0.15, -0.1) is 0 Å². The highest BCUT2D eigenvalue weighted by atomic mass is 16.7. The van der Waals surface area contributed by atoms with Gasteiger partial charge in [-0.2, -0.15) is 0 Å². The second-order valence-corrected chi connectivity index (χ2v) is 4.32. The highest BCUT2D eigenvalue weighted by Gasteiger charge is 2.18. The third kappa shape index (κ3) is 3.43. The van der Waals surface area contributed by atoms with E-state index in [4.69, 9.17) is 9.47 Å². The van der Waals surface area contributed by atoms with Crippen molar-refractivity contribution in [3.05, 3.63) is 0 Å². The molecule has 0 bridgehead atoms. The summed E-state index contributed by atoms with van der Waals surface area (Å²) in [5, 5.41) is 3.16. The van der Waals surface area contributed by atoms with Crippen LogP contribution in [0.5, 0.6) is 0 Å². The smallest absolute Gasteiger partial charge is 0.236 e. The van der Waals surface area contributed by atoms with E-state index in [0.717, 1.165) is 45.5 Å². The van der Waals surface area contributed by atoms with Gasteiger partial charge in [-0.3, -0.25) is 4.79 Å². The van der Waals surface area contributed by atoms with E-state index >= 15 is 0 Å². The minimum atomic E-state index is 0.195. The SMILES string of the molecule is O=C(CNCC1CCOCO1)N1CCCC1. The zero-order valence-corrected chi connectivity index (χ0v) is 9.61. The summed E-state index contributed by atoms with van der Waals surface area (Å²) in [6.07, 6.45) is 3.40. The van der Waals surface area contributed by atoms with E-state index in [-0.39, 0.29) is 12.0 Å². The van der Waals surface area contributed by atoms with Gasteiger partial charge in [-0.25, -0.2) is 0 Å². The predicted octanol–water partition coefficient (Wildman–Crippen LogP) is -0.0386. The normalized spacial score (nSPS) is 26.0. The van der Waals surface area contributed by atoms with Crippen molar-refractivity contribution in [1.82, 2.24) is 10.2 Å². The Kier molecular flexibility index (Phi) is 4.56.